The quantitative estimate of drug-likeness (QED) is 0.779. The number of hydrogen-bond acceptors (Lipinski definition) is 2. The van der Waals surface area contributed by atoms with Crippen molar-refractivity contribution in [2.24, 2.45) is 16.7 Å². The average Bonchev–Trinajstić information content (AvgIpc) is 2.64. The number of aryl methyl sites for hydroxylation is 1. The fourth-order valence-corrected chi connectivity index (χ4v) is 4.07. The zero-order valence-electron chi connectivity index (χ0n) is 13.3. The van der Waals surface area contributed by atoms with Gasteiger partial charge in [0.05, 0.1) is 11.1 Å². The van der Waals surface area contributed by atoms with E-state index in [1.165, 1.54) is 4.90 Å². The fraction of sp³-hybridized carbons (Fsp3) is 0.556. The summed E-state index contributed by atoms with van der Waals surface area (Å²) < 4.78 is 0. The SMILES string of the molecule is CCc1ccccc1N1C(=O)[C@H]2CC[C@@](C)(C1=O)C2(C)C. The molecule has 3 rings (SSSR count). The number of amides is 2. The Morgan fingerprint density at radius 3 is 2.52 bits per heavy atom. The number of carbonyl (C=O) groups is 2. The molecule has 0 radical (unpaired) electrons. The molecule has 2 bridgehead atoms. The van der Waals surface area contributed by atoms with E-state index in [-0.39, 0.29) is 23.1 Å². The van der Waals surface area contributed by atoms with E-state index in [0.717, 1.165) is 30.5 Å². The van der Waals surface area contributed by atoms with E-state index in [1.54, 1.807) is 0 Å². The van der Waals surface area contributed by atoms with Crippen LogP contribution in [0, 0.1) is 16.7 Å². The van der Waals surface area contributed by atoms with Gasteiger partial charge in [0.25, 0.3) is 0 Å². The van der Waals surface area contributed by atoms with Crippen LogP contribution in [0.25, 0.3) is 0 Å². The Labute approximate surface area is 126 Å². The summed E-state index contributed by atoms with van der Waals surface area (Å²) in [5.74, 6) is -0.0851. The van der Waals surface area contributed by atoms with E-state index < -0.39 is 5.41 Å². The van der Waals surface area contributed by atoms with Crippen LogP contribution in [-0.4, -0.2) is 11.8 Å². The monoisotopic (exact) mass is 285 g/mol. The van der Waals surface area contributed by atoms with Gasteiger partial charge in [-0.2, -0.15) is 0 Å². The lowest BCUT2D eigenvalue weighted by Gasteiger charge is -2.47. The number of imide groups is 1. The van der Waals surface area contributed by atoms with Gasteiger partial charge in [-0.1, -0.05) is 45.9 Å². The Morgan fingerprint density at radius 2 is 1.86 bits per heavy atom. The molecule has 0 unspecified atom stereocenters. The van der Waals surface area contributed by atoms with Crippen LogP contribution in [0.1, 0.15) is 46.1 Å². The molecule has 0 spiro atoms. The van der Waals surface area contributed by atoms with Gasteiger partial charge < -0.3 is 0 Å². The van der Waals surface area contributed by atoms with Crippen molar-refractivity contribution in [1.82, 2.24) is 0 Å². The number of piperidine rings is 1. The first-order chi connectivity index (χ1) is 9.84. The highest BCUT2D eigenvalue weighted by Gasteiger charge is 2.64. The maximum atomic E-state index is 13.1. The summed E-state index contributed by atoms with van der Waals surface area (Å²) >= 11 is 0. The van der Waals surface area contributed by atoms with Gasteiger partial charge in [0.1, 0.15) is 0 Å². The van der Waals surface area contributed by atoms with Crippen molar-refractivity contribution in [3.05, 3.63) is 29.8 Å². The summed E-state index contributed by atoms with van der Waals surface area (Å²) in [6.45, 7) is 8.23. The van der Waals surface area contributed by atoms with Crippen molar-refractivity contribution in [3.63, 3.8) is 0 Å². The van der Waals surface area contributed by atoms with E-state index >= 15 is 0 Å². The first-order valence-electron chi connectivity index (χ1n) is 7.81. The maximum Gasteiger partial charge on any atom is 0.240 e. The topological polar surface area (TPSA) is 37.4 Å². The van der Waals surface area contributed by atoms with E-state index in [4.69, 9.17) is 0 Å². The zero-order valence-corrected chi connectivity index (χ0v) is 13.3. The van der Waals surface area contributed by atoms with Crippen LogP contribution in [0.4, 0.5) is 5.69 Å². The van der Waals surface area contributed by atoms with Crippen molar-refractivity contribution in [2.75, 3.05) is 4.90 Å². The smallest absolute Gasteiger partial charge is 0.240 e. The summed E-state index contributed by atoms with van der Waals surface area (Å²) in [6.07, 6.45) is 2.44. The molecule has 1 aromatic rings. The lowest BCUT2D eigenvalue weighted by molar-refractivity contribution is -0.146. The number of anilines is 1. The fourth-order valence-electron chi connectivity index (χ4n) is 4.07. The molecule has 2 fully saturated rings. The Kier molecular flexibility index (Phi) is 3.01. The van der Waals surface area contributed by atoms with Gasteiger partial charge in [0, 0.05) is 5.92 Å². The first-order valence-corrected chi connectivity index (χ1v) is 7.81. The normalized spacial score (nSPS) is 30.9. The van der Waals surface area contributed by atoms with Crippen LogP contribution in [0.5, 0.6) is 0 Å². The zero-order chi connectivity index (χ0) is 15.4. The van der Waals surface area contributed by atoms with E-state index in [2.05, 4.69) is 20.8 Å². The minimum atomic E-state index is -0.438. The van der Waals surface area contributed by atoms with Crippen molar-refractivity contribution in [3.8, 4) is 0 Å². The third-order valence-electron chi connectivity index (χ3n) is 6.03. The van der Waals surface area contributed by atoms with E-state index in [9.17, 15) is 9.59 Å². The Balaban J connectivity index is 2.14. The standard InChI is InChI=1S/C18H23NO2/c1-5-12-8-6-7-9-14(12)19-15(20)13-10-11-18(4,16(19)21)17(13,2)3/h6-9,13H,5,10-11H2,1-4H3/t13-,18+/m1/s1. The third kappa shape index (κ3) is 1.66. The molecule has 1 saturated heterocycles. The minimum absolute atomic E-state index is 0.0131. The van der Waals surface area contributed by atoms with Crippen molar-refractivity contribution < 1.29 is 9.59 Å². The first kappa shape index (κ1) is 14.3. The molecular formula is C18H23NO2. The molecule has 21 heavy (non-hydrogen) atoms. The summed E-state index contributed by atoms with van der Waals surface area (Å²) in [7, 11) is 0. The van der Waals surface area contributed by atoms with Crippen LogP contribution in [-0.2, 0) is 16.0 Å². The molecule has 1 saturated carbocycles. The van der Waals surface area contributed by atoms with E-state index in [0.29, 0.717) is 0 Å². The second kappa shape index (κ2) is 4.43. The largest absolute Gasteiger partial charge is 0.274 e. The van der Waals surface area contributed by atoms with Gasteiger partial charge in [-0.15, -0.1) is 0 Å². The number of nitrogens with zero attached hydrogens (tertiary/aromatic N) is 1. The highest BCUT2D eigenvalue weighted by Crippen LogP contribution is 2.60. The Morgan fingerprint density at radius 1 is 1.19 bits per heavy atom. The van der Waals surface area contributed by atoms with Gasteiger partial charge in [-0.25, -0.2) is 4.90 Å². The van der Waals surface area contributed by atoms with Gasteiger partial charge in [-0.05, 0) is 36.3 Å². The second-order valence-electron chi connectivity index (χ2n) is 7.11. The van der Waals surface area contributed by atoms with Gasteiger partial charge in [-0.3, -0.25) is 9.59 Å². The number of benzene rings is 1. The van der Waals surface area contributed by atoms with Crippen LogP contribution in [0.2, 0.25) is 0 Å². The molecule has 0 aromatic heterocycles. The molecule has 1 aliphatic heterocycles. The molecule has 2 aliphatic rings. The summed E-state index contributed by atoms with van der Waals surface area (Å²) in [4.78, 5) is 27.5. The van der Waals surface area contributed by atoms with Gasteiger partial charge >= 0.3 is 0 Å². The second-order valence-corrected chi connectivity index (χ2v) is 7.11. The number of carbonyl (C=O) groups excluding carboxylic acids is 2. The van der Waals surface area contributed by atoms with E-state index in [1.807, 2.05) is 31.2 Å². The number of fused-ring (bicyclic) bond motifs is 2. The molecule has 1 aromatic carbocycles. The molecular weight excluding hydrogens is 262 g/mol. The van der Waals surface area contributed by atoms with Crippen LogP contribution in [0.15, 0.2) is 24.3 Å². The highest BCUT2D eigenvalue weighted by molar-refractivity contribution is 6.20. The predicted octanol–water partition coefficient (Wildman–Crippen LogP) is 3.56. The van der Waals surface area contributed by atoms with Gasteiger partial charge in [0.15, 0.2) is 0 Å². The summed E-state index contributed by atoms with van der Waals surface area (Å²) in [5.41, 5.74) is 1.15. The number of para-hydroxylation sites is 1. The van der Waals surface area contributed by atoms with Crippen LogP contribution in [0.3, 0.4) is 0 Å². The van der Waals surface area contributed by atoms with Gasteiger partial charge in [0.2, 0.25) is 11.8 Å². The average molecular weight is 285 g/mol. The van der Waals surface area contributed by atoms with Crippen LogP contribution < -0.4 is 4.90 Å². The molecule has 2 atom stereocenters. The lowest BCUT2D eigenvalue weighted by atomic mass is 9.62. The van der Waals surface area contributed by atoms with Crippen LogP contribution >= 0.6 is 0 Å². The number of hydrogen-bond donors (Lipinski definition) is 0. The molecule has 1 aliphatic carbocycles. The molecule has 0 N–H and O–H groups in total. The third-order valence-corrected chi connectivity index (χ3v) is 6.03. The summed E-state index contributed by atoms with van der Waals surface area (Å²) in [6, 6.07) is 7.76. The molecule has 112 valence electrons. The van der Waals surface area contributed by atoms with Crippen molar-refractivity contribution in [2.45, 2.75) is 47.0 Å². The minimum Gasteiger partial charge on any atom is -0.274 e. The number of rotatable bonds is 2. The molecule has 2 amide bonds. The molecule has 3 nitrogen and oxygen atoms in total. The maximum absolute atomic E-state index is 13.1. The summed E-state index contributed by atoms with van der Waals surface area (Å²) in [5, 5.41) is 0. The Hall–Kier alpha value is -1.64. The highest BCUT2D eigenvalue weighted by atomic mass is 16.2. The lowest BCUT2D eigenvalue weighted by Crippen LogP contribution is -2.59. The van der Waals surface area contributed by atoms with Crippen molar-refractivity contribution in [1.29, 1.82) is 0 Å². The predicted molar refractivity (Wildman–Crippen MR) is 82.9 cm³/mol. The Bertz CT molecular complexity index is 619. The molecule has 1 heterocycles. The molecule has 3 heteroatoms. The van der Waals surface area contributed by atoms with Crippen molar-refractivity contribution >= 4 is 17.5 Å².